The SMILES string of the molecule is Cl.O=C(Nc1ccc(C(=O)N2CCOCC2)cc1)C1CCCNC1. The Morgan fingerprint density at radius 2 is 1.88 bits per heavy atom. The van der Waals surface area contributed by atoms with Crippen molar-refractivity contribution in [1.29, 1.82) is 0 Å². The third-order valence-corrected chi connectivity index (χ3v) is 4.37. The third kappa shape index (κ3) is 4.69. The van der Waals surface area contributed by atoms with Gasteiger partial charge in [-0.15, -0.1) is 12.4 Å². The van der Waals surface area contributed by atoms with Gasteiger partial charge in [0.15, 0.2) is 0 Å². The summed E-state index contributed by atoms with van der Waals surface area (Å²) in [6.45, 7) is 4.17. The molecular weight excluding hydrogens is 330 g/mol. The quantitative estimate of drug-likeness (QED) is 0.864. The summed E-state index contributed by atoms with van der Waals surface area (Å²) in [6.07, 6.45) is 1.96. The van der Waals surface area contributed by atoms with Crippen molar-refractivity contribution in [3.05, 3.63) is 29.8 Å². The van der Waals surface area contributed by atoms with Crippen LogP contribution in [0.25, 0.3) is 0 Å². The van der Waals surface area contributed by atoms with Crippen LogP contribution < -0.4 is 10.6 Å². The zero-order valence-electron chi connectivity index (χ0n) is 13.6. The number of nitrogens with one attached hydrogen (secondary N) is 2. The lowest BCUT2D eigenvalue weighted by Crippen LogP contribution is -2.40. The standard InChI is InChI=1S/C17H23N3O3.ClH/c21-16(14-2-1-7-18-12-14)19-15-5-3-13(4-6-15)17(22)20-8-10-23-11-9-20;/h3-6,14,18H,1-2,7-12H2,(H,19,21);1H. The molecule has 1 atom stereocenters. The number of anilines is 1. The van der Waals surface area contributed by atoms with Gasteiger partial charge in [-0.25, -0.2) is 0 Å². The fourth-order valence-electron chi connectivity index (χ4n) is 2.97. The van der Waals surface area contributed by atoms with Crippen molar-refractivity contribution in [1.82, 2.24) is 10.2 Å². The number of halogens is 1. The van der Waals surface area contributed by atoms with Gasteiger partial charge >= 0.3 is 0 Å². The monoisotopic (exact) mass is 353 g/mol. The zero-order chi connectivity index (χ0) is 16.1. The maximum absolute atomic E-state index is 12.4. The van der Waals surface area contributed by atoms with Crippen molar-refractivity contribution in [2.45, 2.75) is 12.8 Å². The highest BCUT2D eigenvalue weighted by molar-refractivity contribution is 5.96. The minimum Gasteiger partial charge on any atom is -0.378 e. The number of hydrogen-bond acceptors (Lipinski definition) is 4. The van der Waals surface area contributed by atoms with Crippen LogP contribution in [0.1, 0.15) is 23.2 Å². The number of rotatable bonds is 3. The highest BCUT2D eigenvalue weighted by Crippen LogP contribution is 2.16. The van der Waals surface area contributed by atoms with E-state index >= 15 is 0 Å². The molecule has 7 heteroatoms. The van der Waals surface area contributed by atoms with E-state index in [4.69, 9.17) is 4.74 Å². The van der Waals surface area contributed by atoms with Crippen LogP contribution in [0, 0.1) is 5.92 Å². The highest BCUT2D eigenvalue weighted by Gasteiger charge is 2.21. The molecule has 132 valence electrons. The van der Waals surface area contributed by atoms with E-state index in [1.807, 2.05) is 0 Å². The number of piperidine rings is 1. The first-order chi connectivity index (χ1) is 11.2. The van der Waals surface area contributed by atoms with E-state index in [1.165, 1.54) is 0 Å². The van der Waals surface area contributed by atoms with Crippen LogP contribution in [-0.2, 0) is 9.53 Å². The molecule has 0 radical (unpaired) electrons. The first-order valence-electron chi connectivity index (χ1n) is 8.23. The zero-order valence-corrected chi connectivity index (χ0v) is 14.4. The molecule has 6 nitrogen and oxygen atoms in total. The molecule has 2 saturated heterocycles. The van der Waals surface area contributed by atoms with Crippen molar-refractivity contribution in [2.24, 2.45) is 5.92 Å². The number of morpholine rings is 1. The van der Waals surface area contributed by atoms with E-state index in [9.17, 15) is 9.59 Å². The average Bonchev–Trinajstić information content (AvgIpc) is 2.63. The number of nitrogens with zero attached hydrogens (tertiary/aromatic N) is 1. The lowest BCUT2D eigenvalue weighted by atomic mass is 9.99. The number of carbonyl (C=O) groups is 2. The van der Waals surface area contributed by atoms with Crippen LogP contribution >= 0.6 is 12.4 Å². The van der Waals surface area contributed by atoms with Gasteiger partial charge in [-0.1, -0.05) is 0 Å². The molecular formula is C17H24ClN3O3. The van der Waals surface area contributed by atoms with E-state index in [0.29, 0.717) is 31.9 Å². The normalized spacial score (nSPS) is 20.8. The fraction of sp³-hybridized carbons (Fsp3) is 0.529. The van der Waals surface area contributed by atoms with Gasteiger partial charge in [-0.2, -0.15) is 0 Å². The van der Waals surface area contributed by atoms with Gasteiger partial charge in [0.25, 0.3) is 5.91 Å². The molecule has 0 bridgehead atoms. The lowest BCUT2D eigenvalue weighted by molar-refractivity contribution is -0.120. The van der Waals surface area contributed by atoms with Crippen molar-refractivity contribution < 1.29 is 14.3 Å². The van der Waals surface area contributed by atoms with Crippen molar-refractivity contribution in [2.75, 3.05) is 44.7 Å². The van der Waals surface area contributed by atoms with Gasteiger partial charge in [0.05, 0.1) is 19.1 Å². The summed E-state index contributed by atoms with van der Waals surface area (Å²) >= 11 is 0. The second-order valence-corrected chi connectivity index (χ2v) is 6.01. The van der Waals surface area contributed by atoms with Crippen LogP contribution in [0.3, 0.4) is 0 Å². The van der Waals surface area contributed by atoms with Gasteiger partial charge in [-0.3, -0.25) is 9.59 Å². The molecule has 2 fully saturated rings. The minimum atomic E-state index is 0. The molecule has 2 N–H and O–H groups in total. The predicted octanol–water partition coefficient (Wildman–Crippen LogP) is 1.52. The summed E-state index contributed by atoms with van der Waals surface area (Å²) < 4.78 is 5.26. The molecule has 0 spiro atoms. The smallest absolute Gasteiger partial charge is 0.254 e. The highest BCUT2D eigenvalue weighted by atomic mass is 35.5. The number of hydrogen-bond donors (Lipinski definition) is 2. The van der Waals surface area contributed by atoms with Crippen LogP contribution in [0.4, 0.5) is 5.69 Å². The van der Waals surface area contributed by atoms with Gasteiger partial charge < -0.3 is 20.3 Å². The molecule has 2 heterocycles. The van der Waals surface area contributed by atoms with Crippen LogP contribution in [0.15, 0.2) is 24.3 Å². The van der Waals surface area contributed by atoms with E-state index in [0.717, 1.165) is 31.6 Å². The molecule has 3 rings (SSSR count). The van der Waals surface area contributed by atoms with E-state index in [2.05, 4.69) is 10.6 Å². The molecule has 1 unspecified atom stereocenters. The fourth-order valence-corrected chi connectivity index (χ4v) is 2.97. The van der Waals surface area contributed by atoms with E-state index in [1.54, 1.807) is 29.2 Å². The Hall–Kier alpha value is -1.63. The molecule has 0 saturated carbocycles. The van der Waals surface area contributed by atoms with Crippen LogP contribution in [0.5, 0.6) is 0 Å². The van der Waals surface area contributed by atoms with Crippen LogP contribution in [-0.4, -0.2) is 56.1 Å². The summed E-state index contributed by atoms with van der Waals surface area (Å²) in [6, 6.07) is 7.13. The van der Waals surface area contributed by atoms with Gasteiger partial charge in [0, 0.05) is 30.9 Å². The van der Waals surface area contributed by atoms with Gasteiger partial charge in [-0.05, 0) is 43.7 Å². The number of ether oxygens (including phenoxy) is 1. The number of benzene rings is 1. The Morgan fingerprint density at radius 3 is 2.50 bits per heavy atom. The maximum Gasteiger partial charge on any atom is 0.254 e. The molecule has 2 aliphatic heterocycles. The minimum absolute atomic E-state index is 0. The second-order valence-electron chi connectivity index (χ2n) is 6.01. The first kappa shape index (κ1) is 18.7. The third-order valence-electron chi connectivity index (χ3n) is 4.37. The van der Waals surface area contributed by atoms with Crippen molar-refractivity contribution >= 4 is 29.9 Å². The molecule has 24 heavy (non-hydrogen) atoms. The van der Waals surface area contributed by atoms with Crippen molar-refractivity contribution in [3.63, 3.8) is 0 Å². The van der Waals surface area contributed by atoms with Gasteiger partial charge in [0.2, 0.25) is 5.91 Å². The Bertz CT molecular complexity index is 553. The largest absolute Gasteiger partial charge is 0.378 e. The predicted molar refractivity (Wildman–Crippen MR) is 94.6 cm³/mol. The van der Waals surface area contributed by atoms with E-state index < -0.39 is 0 Å². The summed E-state index contributed by atoms with van der Waals surface area (Å²) in [5.41, 5.74) is 1.38. The maximum atomic E-state index is 12.4. The first-order valence-corrected chi connectivity index (χ1v) is 8.23. The second kappa shape index (κ2) is 9.01. The Labute approximate surface area is 148 Å². The summed E-state index contributed by atoms with van der Waals surface area (Å²) in [7, 11) is 0. The lowest BCUT2D eigenvalue weighted by Gasteiger charge is -2.27. The Morgan fingerprint density at radius 1 is 1.17 bits per heavy atom. The summed E-state index contributed by atoms with van der Waals surface area (Å²) in [5, 5.41) is 6.17. The Kier molecular flexibility index (Phi) is 7.02. The van der Waals surface area contributed by atoms with E-state index in [-0.39, 0.29) is 30.1 Å². The molecule has 2 amide bonds. The van der Waals surface area contributed by atoms with Crippen LogP contribution in [0.2, 0.25) is 0 Å². The molecule has 2 aliphatic rings. The number of amides is 2. The molecule has 1 aromatic rings. The number of carbonyl (C=O) groups excluding carboxylic acids is 2. The van der Waals surface area contributed by atoms with Gasteiger partial charge in [0.1, 0.15) is 0 Å². The van der Waals surface area contributed by atoms with Crippen molar-refractivity contribution in [3.8, 4) is 0 Å². The topological polar surface area (TPSA) is 70.7 Å². The molecule has 0 aromatic heterocycles. The Balaban J connectivity index is 0.00000208. The molecule has 1 aromatic carbocycles. The molecule has 0 aliphatic carbocycles. The summed E-state index contributed by atoms with van der Waals surface area (Å²) in [4.78, 5) is 26.3. The summed E-state index contributed by atoms with van der Waals surface area (Å²) in [5.74, 6) is 0.0884. The average molecular weight is 354 g/mol.